The van der Waals surface area contributed by atoms with Crippen LogP contribution in [0.3, 0.4) is 0 Å². The number of esters is 1. The summed E-state index contributed by atoms with van der Waals surface area (Å²) in [4.78, 5) is 11.7. The smallest absolute Gasteiger partial charge is 0.334 e. The van der Waals surface area contributed by atoms with E-state index in [0.29, 0.717) is 44.1 Å². The van der Waals surface area contributed by atoms with Gasteiger partial charge in [0.15, 0.2) is 0 Å². The Morgan fingerprint density at radius 3 is 1.84 bits per heavy atom. The van der Waals surface area contributed by atoms with Crippen molar-refractivity contribution in [3.8, 4) is 0 Å². The second-order valence-electron chi connectivity index (χ2n) is 13.4. The Kier molecular flexibility index (Phi) is 20.0. The van der Waals surface area contributed by atoms with Crippen LogP contribution in [0.15, 0.2) is 11.6 Å². The van der Waals surface area contributed by atoms with Gasteiger partial charge < -0.3 is 40.1 Å². The van der Waals surface area contributed by atoms with E-state index in [0.717, 1.165) is 25.7 Å². The van der Waals surface area contributed by atoms with Crippen molar-refractivity contribution in [2.75, 3.05) is 0 Å². The zero-order chi connectivity index (χ0) is 32.3. The number of hydrogen-bond acceptors (Lipinski definition) is 9. The Morgan fingerprint density at radius 2 is 1.25 bits per heavy atom. The van der Waals surface area contributed by atoms with Crippen molar-refractivity contribution >= 4 is 5.97 Å². The lowest BCUT2D eigenvalue weighted by Gasteiger charge is -2.23. The van der Waals surface area contributed by atoms with Crippen LogP contribution >= 0.6 is 0 Å². The predicted molar refractivity (Wildman–Crippen MR) is 171 cm³/mol. The molecule has 1 saturated heterocycles. The third-order valence-corrected chi connectivity index (χ3v) is 9.34. The molecule has 258 valence electrons. The number of aliphatic hydroxyl groups excluding tert-OH is 6. The summed E-state index contributed by atoms with van der Waals surface area (Å²) in [6, 6.07) is 0. The van der Waals surface area contributed by atoms with E-state index in [1.165, 1.54) is 51.4 Å². The average Bonchev–Trinajstić information content (AvgIpc) is 3.60. The molecular formula is C35H64O9. The van der Waals surface area contributed by atoms with E-state index >= 15 is 0 Å². The molecule has 2 aliphatic rings. The Morgan fingerprint density at radius 1 is 0.705 bits per heavy atom. The first kappa shape index (κ1) is 39.1. The first-order valence-corrected chi connectivity index (χ1v) is 17.8. The monoisotopic (exact) mass is 628 g/mol. The van der Waals surface area contributed by atoms with E-state index in [9.17, 15) is 35.4 Å². The molecule has 0 unspecified atom stereocenters. The van der Waals surface area contributed by atoms with Crippen LogP contribution in [0.25, 0.3) is 0 Å². The summed E-state index contributed by atoms with van der Waals surface area (Å²) in [6.07, 6.45) is 13.8. The molecule has 0 radical (unpaired) electrons. The third-order valence-electron chi connectivity index (χ3n) is 9.34. The third kappa shape index (κ3) is 16.0. The predicted octanol–water partition coefficient (Wildman–Crippen LogP) is 5.00. The normalized spacial score (nSPS) is 24.5. The molecular weight excluding hydrogens is 564 g/mol. The van der Waals surface area contributed by atoms with Crippen LogP contribution < -0.4 is 0 Å². The van der Waals surface area contributed by atoms with Gasteiger partial charge in [0, 0.05) is 12.0 Å². The minimum atomic E-state index is -0.959. The number of cyclic esters (lactones) is 1. The molecule has 0 bridgehead atoms. The molecule has 9 nitrogen and oxygen atoms in total. The maximum Gasteiger partial charge on any atom is 0.334 e. The van der Waals surface area contributed by atoms with E-state index in [1.54, 1.807) is 13.0 Å². The van der Waals surface area contributed by atoms with Crippen molar-refractivity contribution in [1.82, 2.24) is 0 Å². The second-order valence-corrected chi connectivity index (χ2v) is 13.4. The number of hydrogen-bond donors (Lipinski definition) is 6. The zero-order valence-corrected chi connectivity index (χ0v) is 27.5. The first-order valence-electron chi connectivity index (χ1n) is 17.8. The van der Waals surface area contributed by atoms with Crippen molar-refractivity contribution in [3.63, 3.8) is 0 Å². The second kappa shape index (κ2) is 22.5. The van der Waals surface area contributed by atoms with Crippen molar-refractivity contribution in [1.29, 1.82) is 0 Å². The fourth-order valence-corrected chi connectivity index (χ4v) is 6.42. The molecule has 0 aromatic heterocycles. The van der Waals surface area contributed by atoms with E-state index < -0.39 is 42.6 Å². The van der Waals surface area contributed by atoms with Crippen molar-refractivity contribution in [2.24, 2.45) is 0 Å². The highest BCUT2D eigenvalue weighted by Gasteiger charge is 2.31. The average molecular weight is 629 g/mol. The molecule has 6 N–H and O–H groups in total. The maximum absolute atomic E-state index is 11.7. The van der Waals surface area contributed by atoms with Crippen LogP contribution in [-0.2, 0) is 14.3 Å². The molecule has 0 aliphatic carbocycles. The number of rotatable bonds is 26. The fourth-order valence-electron chi connectivity index (χ4n) is 6.42. The van der Waals surface area contributed by atoms with Gasteiger partial charge in [-0.15, -0.1) is 0 Å². The molecule has 9 atom stereocenters. The molecule has 2 heterocycles. The quantitative estimate of drug-likeness (QED) is 0.0573. The molecule has 0 spiro atoms. The summed E-state index contributed by atoms with van der Waals surface area (Å²) in [6.45, 7) is 3.99. The Balaban J connectivity index is 1.50. The summed E-state index contributed by atoms with van der Waals surface area (Å²) in [5.74, 6) is -0.410. The lowest BCUT2D eigenvalue weighted by atomic mass is 9.97. The van der Waals surface area contributed by atoms with Gasteiger partial charge in [-0.25, -0.2) is 4.79 Å². The van der Waals surface area contributed by atoms with Gasteiger partial charge in [0.25, 0.3) is 0 Å². The van der Waals surface area contributed by atoms with Gasteiger partial charge in [0.05, 0.1) is 48.8 Å². The Hall–Kier alpha value is -1.07. The SMILES string of the molecule is CCCCCCCCCCCC[C@H](O)[C@H](O)CC[C@H](O)[C@H]1CC[C@@H](CCC[C@H](O)[C@@H](O)CC[C@H](O)CC2=C[C@@H](C)OC2=O)O1. The van der Waals surface area contributed by atoms with Gasteiger partial charge in [-0.1, -0.05) is 71.1 Å². The van der Waals surface area contributed by atoms with Crippen LogP contribution in [0.5, 0.6) is 0 Å². The number of carbonyl (C=O) groups is 1. The number of aliphatic hydroxyl groups is 6. The number of carbonyl (C=O) groups excluding carboxylic acids is 1. The first-order chi connectivity index (χ1) is 21.1. The molecule has 1 fully saturated rings. The molecule has 44 heavy (non-hydrogen) atoms. The van der Waals surface area contributed by atoms with Crippen LogP contribution in [0, 0.1) is 0 Å². The van der Waals surface area contributed by atoms with E-state index in [4.69, 9.17) is 9.47 Å². The molecule has 9 heteroatoms. The molecule has 0 saturated carbocycles. The van der Waals surface area contributed by atoms with Crippen LogP contribution in [0.1, 0.15) is 149 Å². The van der Waals surface area contributed by atoms with E-state index in [2.05, 4.69) is 6.92 Å². The van der Waals surface area contributed by atoms with Gasteiger partial charge in [0.2, 0.25) is 0 Å². The molecule has 0 amide bonds. The summed E-state index contributed by atoms with van der Waals surface area (Å²) < 4.78 is 11.1. The number of unbranched alkanes of at least 4 members (excludes halogenated alkanes) is 9. The topological polar surface area (TPSA) is 157 Å². The van der Waals surface area contributed by atoms with Crippen molar-refractivity contribution in [3.05, 3.63) is 11.6 Å². The van der Waals surface area contributed by atoms with Crippen molar-refractivity contribution in [2.45, 2.75) is 204 Å². The lowest BCUT2D eigenvalue weighted by Crippen LogP contribution is -2.31. The number of ether oxygens (including phenoxy) is 2. The highest BCUT2D eigenvalue weighted by molar-refractivity contribution is 5.90. The summed E-state index contributed by atoms with van der Waals surface area (Å²) >= 11 is 0. The van der Waals surface area contributed by atoms with Gasteiger partial charge in [-0.3, -0.25) is 0 Å². The van der Waals surface area contributed by atoms with E-state index in [1.807, 2.05) is 0 Å². The highest BCUT2D eigenvalue weighted by atomic mass is 16.5. The van der Waals surface area contributed by atoms with Gasteiger partial charge in [-0.2, -0.15) is 0 Å². The summed E-state index contributed by atoms with van der Waals surface area (Å²) in [7, 11) is 0. The molecule has 0 aromatic carbocycles. The lowest BCUT2D eigenvalue weighted by molar-refractivity contribution is -0.139. The van der Waals surface area contributed by atoms with Gasteiger partial charge >= 0.3 is 5.97 Å². The standard InChI is InChI=1S/C35H64O9/c1-3-4-5-6-7-8-9-10-11-12-15-29(37)32(40)20-21-33(41)34-22-18-28(44-34)14-13-16-30(38)31(39)19-17-27(36)24-26-23-25(2)43-35(26)42/h23,25,27-34,36-41H,3-22,24H2,1-2H3/t25-,27+,28-,29+,30+,31+,32-,33+,34-/m1/s1. The van der Waals surface area contributed by atoms with Gasteiger partial charge in [-0.05, 0) is 77.2 Å². The summed E-state index contributed by atoms with van der Waals surface area (Å²) in [5.41, 5.74) is 0.452. The molecule has 0 aromatic rings. The van der Waals surface area contributed by atoms with Gasteiger partial charge in [0.1, 0.15) is 6.10 Å². The van der Waals surface area contributed by atoms with Crippen LogP contribution in [0.4, 0.5) is 0 Å². The Bertz CT molecular complexity index is 790. The largest absolute Gasteiger partial charge is 0.455 e. The van der Waals surface area contributed by atoms with Crippen LogP contribution in [-0.4, -0.2) is 91.5 Å². The zero-order valence-electron chi connectivity index (χ0n) is 27.5. The fraction of sp³-hybridized carbons (Fsp3) is 0.914. The van der Waals surface area contributed by atoms with E-state index in [-0.39, 0.29) is 37.6 Å². The minimum absolute atomic E-state index is 0.0190. The van der Waals surface area contributed by atoms with Crippen LogP contribution in [0.2, 0.25) is 0 Å². The maximum atomic E-state index is 11.7. The minimum Gasteiger partial charge on any atom is -0.455 e. The Labute approximate surface area is 266 Å². The summed E-state index contributed by atoms with van der Waals surface area (Å²) in [5, 5.41) is 62.3. The molecule has 2 rings (SSSR count). The highest BCUT2D eigenvalue weighted by Crippen LogP contribution is 2.28. The van der Waals surface area contributed by atoms with Crippen molar-refractivity contribution < 1.29 is 44.9 Å². The molecule has 2 aliphatic heterocycles.